The fourth-order valence-corrected chi connectivity index (χ4v) is 2.38. The van der Waals surface area contributed by atoms with Gasteiger partial charge in [-0.1, -0.05) is 48.5 Å². The monoisotopic (exact) mass is 259 g/mol. The van der Waals surface area contributed by atoms with E-state index in [1.165, 1.54) is 0 Å². The molecule has 1 unspecified atom stereocenters. The lowest BCUT2D eigenvalue weighted by atomic mass is 9.97. The molecule has 0 aliphatic heterocycles. The SMILES string of the molecule is CC(CSCC(C)(C)C)C(=O)NCC(C)(C)C. The van der Waals surface area contributed by atoms with E-state index in [2.05, 4.69) is 46.9 Å². The van der Waals surface area contributed by atoms with E-state index in [-0.39, 0.29) is 17.2 Å². The Morgan fingerprint density at radius 2 is 1.65 bits per heavy atom. The van der Waals surface area contributed by atoms with Crippen LogP contribution in [0.3, 0.4) is 0 Å². The highest BCUT2D eigenvalue weighted by atomic mass is 32.2. The Kier molecular flexibility index (Phi) is 6.60. The molecule has 1 N–H and O–H groups in total. The highest BCUT2D eigenvalue weighted by Crippen LogP contribution is 2.22. The van der Waals surface area contributed by atoms with Gasteiger partial charge in [-0.15, -0.1) is 0 Å². The van der Waals surface area contributed by atoms with E-state index in [9.17, 15) is 4.79 Å². The normalized spacial score (nSPS) is 14.5. The van der Waals surface area contributed by atoms with E-state index in [0.29, 0.717) is 5.41 Å². The van der Waals surface area contributed by atoms with Crippen LogP contribution < -0.4 is 5.32 Å². The van der Waals surface area contributed by atoms with Gasteiger partial charge in [-0.3, -0.25) is 4.79 Å². The highest BCUT2D eigenvalue weighted by molar-refractivity contribution is 7.99. The molecule has 102 valence electrons. The predicted octanol–water partition coefficient (Wildman–Crippen LogP) is 3.56. The summed E-state index contributed by atoms with van der Waals surface area (Å²) >= 11 is 1.87. The standard InChI is InChI=1S/C14H29NOS/c1-11(8-17-10-14(5,6)7)12(16)15-9-13(2,3)4/h11H,8-10H2,1-7H3,(H,15,16). The first-order chi connectivity index (χ1) is 7.51. The van der Waals surface area contributed by atoms with Crippen LogP contribution in [0, 0.1) is 16.7 Å². The van der Waals surface area contributed by atoms with Gasteiger partial charge in [0, 0.05) is 18.2 Å². The number of amides is 1. The molecule has 1 amide bonds. The maximum Gasteiger partial charge on any atom is 0.223 e. The summed E-state index contributed by atoms with van der Waals surface area (Å²) in [6.45, 7) is 15.8. The van der Waals surface area contributed by atoms with Crippen molar-refractivity contribution in [3.8, 4) is 0 Å². The smallest absolute Gasteiger partial charge is 0.223 e. The summed E-state index contributed by atoms with van der Waals surface area (Å²) in [5, 5.41) is 3.02. The summed E-state index contributed by atoms with van der Waals surface area (Å²) in [5.41, 5.74) is 0.500. The molecule has 0 aromatic carbocycles. The molecule has 0 saturated carbocycles. The summed E-state index contributed by atoms with van der Waals surface area (Å²) in [6.07, 6.45) is 0. The number of hydrogen-bond donors (Lipinski definition) is 1. The van der Waals surface area contributed by atoms with Gasteiger partial charge in [0.2, 0.25) is 5.91 Å². The van der Waals surface area contributed by atoms with Gasteiger partial charge in [0.1, 0.15) is 0 Å². The first-order valence-electron chi connectivity index (χ1n) is 6.37. The number of carbonyl (C=O) groups excluding carboxylic acids is 1. The van der Waals surface area contributed by atoms with Gasteiger partial charge in [-0.2, -0.15) is 11.8 Å². The van der Waals surface area contributed by atoms with E-state index in [1.807, 2.05) is 18.7 Å². The van der Waals surface area contributed by atoms with Crippen LogP contribution in [0.1, 0.15) is 48.5 Å². The first-order valence-corrected chi connectivity index (χ1v) is 7.52. The van der Waals surface area contributed by atoms with Gasteiger partial charge >= 0.3 is 0 Å². The first kappa shape index (κ1) is 16.8. The van der Waals surface area contributed by atoms with Crippen LogP contribution in [0.2, 0.25) is 0 Å². The minimum absolute atomic E-state index is 0.102. The van der Waals surface area contributed by atoms with Gasteiger partial charge in [-0.25, -0.2) is 0 Å². The quantitative estimate of drug-likeness (QED) is 0.818. The van der Waals surface area contributed by atoms with Gasteiger partial charge in [0.05, 0.1) is 0 Å². The lowest BCUT2D eigenvalue weighted by Crippen LogP contribution is -2.36. The molecule has 17 heavy (non-hydrogen) atoms. The molecule has 1 atom stereocenters. The molecule has 0 aromatic rings. The van der Waals surface area contributed by atoms with Crippen LogP contribution in [0.15, 0.2) is 0 Å². The van der Waals surface area contributed by atoms with Crippen LogP contribution in [0.5, 0.6) is 0 Å². The van der Waals surface area contributed by atoms with E-state index < -0.39 is 0 Å². The second kappa shape index (κ2) is 6.67. The molecule has 0 heterocycles. The molecule has 3 heteroatoms. The van der Waals surface area contributed by atoms with Crippen LogP contribution in [0.4, 0.5) is 0 Å². The van der Waals surface area contributed by atoms with Gasteiger partial charge in [0.15, 0.2) is 0 Å². The Labute approximate surface area is 111 Å². The third-order valence-corrected chi connectivity index (χ3v) is 3.95. The van der Waals surface area contributed by atoms with Crippen molar-refractivity contribution in [2.45, 2.75) is 48.5 Å². The average molecular weight is 259 g/mol. The summed E-state index contributed by atoms with van der Waals surface area (Å²) in [4.78, 5) is 11.8. The predicted molar refractivity (Wildman–Crippen MR) is 78.4 cm³/mol. The molecule has 0 spiro atoms. The Morgan fingerprint density at radius 3 is 2.06 bits per heavy atom. The second-order valence-electron chi connectivity index (χ2n) is 7.26. The van der Waals surface area contributed by atoms with Crippen molar-refractivity contribution in [2.24, 2.45) is 16.7 Å². The topological polar surface area (TPSA) is 29.1 Å². The lowest BCUT2D eigenvalue weighted by Gasteiger charge is -2.21. The summed E-state index contributed by atoms with van der Waals surface area (Å²) in [5.74, 6) is 2.29. The van der Waals surface area contributed by atoms with Crippen molar-refractivity contribution in [2.75, 3.05) is 18.1 Å². The van der Waals surface area contributed by atoms with Crippen molar-refractivity contribution in [3.05, 3.63) is 0 Å². The molecule has 0 radical (unpaired) electrons. The Bertz CT molecular complexity index is 238. The van der Waals surface area contributed by atoms with E-state index in [0.717, 1.165) is 18.1 Å². The molecular weight excluding hydrogens is 230 g/mol. The van der Waals surface area contributed by atoms with Crippen LogP contribution in [-0.2, 0) is 4.79 Å². The minimum Gasteiger partial charge on any atom is -0.355 e. The fourth-order valence-electron chi connectivity index (χ4n) is 1.14. The number of rotatable bonds is 5. The zero-order chi connectivity index (χ0) is 13.7. The fraction of sp³-hybridized carbons (Fsp3) is 0.929. The molecule has 0 saturated heterocycles. The number of thioether (sulfide) groups is 1. The largest absolute Gasteiger partial charge is 0.355 e. The zero-order valence-electron chi connectivity index (χ0n) is 12.5. The average Bonchev–Trinajstić information content (AvgIpc) is 2.10. The van der Waals surface area contributed by atoms with Crippen LogP contribution in [-0.4, -0.2) is 24.0 Å². The molecule has 0 bridgehead atoms. The molecular formula is C14H29NOS. The molecule has 0 aromatic heterocycles. The number of nitrogens with one attached hydrogen (secondary N) is 1. The van der Waals surface area contributed by atoms with Gasteiger partial charge < -0.3 is 5.32 Å². The van der Waals surface area contributed by atoms with E-state index >= 15 is 0 Å². The summed E-state index contributed by atoms with van der Waals surface area (Å²) in [6, 6.07) is 0. The second-order valence-corrected chi connectivity index (χ2v) is 8.29. The molecule has 0 fully saturated rings. The van der Waals surface area contributed by atoms with Gasteiger partial charge in [-0.05, 0) is 16.6 Å². The third kappa shape index (κ3) is 10.7. The Balaban J connectivity index is 3.83. The van der Waals surface area contributed by atoms with E-state index in [1.54, 1.807) is 0 Å². The van der Waals surface area contributed by atoms with Gasteiger partial charge in [0.25, 0.3) is 0 Å². The van der Waals surface area contributed by atoms with Crippen molar-refractivity contribution < 1.29 is 4.79 Å². The number of hydrogen-bond acceptors (Lipinski definition) is 2. The molecule has 2 nitrogen and oxygen atoms in total. The summed E-state index contributed by atoms with van der Waals surface area (Å²) < 4.78 is 0. The maximum absolute atomic E-state index is 11.8. The third-order valence-electron chi connectivity index (χ3n) is 2.14. The minimum atomic E-state index is 0.102. The molecule has 0 rings (SSSR count). The Hall–Kier alpha value is -0.180. The van der Waals surface area contributed by atoms with Crippen molar-refractivity contribution in [1.29, 1.82) is 0 Å². The number of carbonyl (C=O) groups is 1. The zero-order valence-corrected chi connectivity index (χ0v) is 13.3. The van der Waals surface area contributed by atoms with Crippen molar-refractivity contribution in [1.82, 2.24) is 5.32 Å². The highest BCUT2D eigenvalue weighted by Gasteiger charge is 2.18. The molecule has 0 aliphatic rings. The van der Waals surface area contributed by atoms with Crippen molar-refractivity contribution in [3.63, 3.8) is 0 Å². The molecule has 0 aliphatic carbocycles. The summed E-state index contributed by atoms with van der Waals surface area (Å²) in [7, 11) is 0. The van der Waals surface area contributed by atoms with Crippen LogP contribution >= 0.6 is 11.8 Å². The Morgan fingerprint density at radius 1 is 1.12 bits per heavy atom. The van der Waals surface area contributed by atoms with Crippen LogP contribution in [0.25, 0.3) is 0 Å². The van der Waals surface area contributed by atoms with Crippen molar-refractivity contribution >= 4 is 17.7 Å². The lowest BCUT2D eigenvalue weighted by molar-refractivity contribution is -0.124. The van der Waals surface area contributed by atoms with E-state index in [4.69, 9.17) is 0 Å². The maximum atomic E-state index is 11.8.